The van der Waals surface area contributed by atoms with Crippen LogP contribution in [0.4, 0.5) is 14.5 Å². The van der Waals surface area contributed by atoms with Gasteiger partial charge in [-0.15, -0.1) is 0 Å². The zero-order chi connectivity index (χ0) is 19.7. The molecule has 0 aliphatic heterocycles. The van der Waals surface area contributed by atoms with Crippen molar-refractivity contribution in [1.82, 2.24) is 15.0 Å². The maximum Gasteiger partial charge on any atom is 0.269 e. The van der Waals surface area contributed by atoms with Crippen molar-refractivity contribution in [3.63, 3.8) is 0 Å². The third-order valence-corrected chi connectivity index (χ3v) is 4.59. The van der Waals surface area contributed by atoms with E-state index in [9.17, 15) is 18.9 Å². The Morgan fingerprint density at radius 2 is 1.89 bits per heavy atom. The Balaban J connectivity index is 1.48. The molecular weight excluding hydrogens is 370 g/mol. The average molecular weight is 386 g/mol. The summed E-state index contributed by atoms with van der Waals surface area (Å²) in [6.45, 7) is 0.646. The van der Waals surface area contributed by atoms with E-state index in [1.54, 1.807) is 12.1 Å². The molecule has 1 aliphatic carbocycles. The highest BCUT2D eigenvalue weighted by atomic mass is 19.1. The van der Waals surface area contributed by atoms with Crippen molar-refractivity contribution < 1.29 is 18.2 Å². The molecule has 1 fully saturated rings. The lowest BCUT2D eigenvalue weighted by molar-refractivity contribution is -0.384. The molecular formula is C19H16F2N4O3. The first-order valence-electron chi connectivity index (χ1n) is 8.75. The van der Waals surface area contributed by atoms with E-state index >= 15 is 0 Å². The van der Waals surface area contributed by atoms with Gasteiger partial charge >= 0.3 is 0 Å². The Labute approximate surface area is 158 Å². The third kappa shape index (κ3) is 4.04. The predicted octanol–water partition coefficient (Wildman–Crippen LogP) is 4.09. The second kappa shape index (κ2) is 7.43. The van der Waals surface area contributed by atoms with E-state index in [2.05, 4.69) is 10.1 Å². The van der Waals surface area contributed by atoms with E-state index in [1.807, 2.05) is 4.90 Å². The number of non-ortho nitro benzene ring substituents is 1. The van der Waals surface area contributed by atoms with Gasteiger partial charge in [0.15, 0.2) is 0 Å². The SMILES string of the molecule is O=[N+]([O-])c1ccc(-c2noc(CN(Cc3ccc(F)cc3F)C3CC3)n2)cc1. The van der Waals surface area contributed by atoms with E-state index in [-0.39, 0.29) is 5.69 Å². The van der Waals surface area contributed by atoms with Crippen LogP contribution in [-0.4, -0.2) is 26.0 Å². The summed E-state index contributed by atoms with van der Waals surface area (Å²) in [5.74, 6) is -0.497. The van der Waals surface area contributed by atoms with Crippen molar-refractivity contribution >= 4 is 5.69 Å². The molecule has 0 bridgehead atoms. The molecule has 4 rings (SSSR count). The molecule has 0 atom stereocenters. The van der Waals surface area contributed by atoms with Crippen LogP contribution < -0.4 is 0 Å². The van der Waals surface area contributed by atoms with Crippen LogP contribution >= 0.6 is 0 Å². The minimum atomic E-state index is -0.608. The van der Waals surface area contributed by atoms with Gasteiger partial charge in [0.2, 0.25) is 11.7 Å². The summed E-state index contributed by atoms with van der Waals surface area (Å²) in [6.07, 6.45) is 1.98. The molecule has 0 N–H and O–H groups in total. The highest BCUT2D eigenvalue weighted by Gasteiger charge is 2.31. The first-order valence-corrected chi connectivity index (χ1v) is 8.75. The molecule has 144 valence electrons. The molecule has 7 nitrogen and oxygen atoms in total. The maximum absolute atomic E-state index is 14.0. The molecule has 3 aromatic rings. The lowest BCUT2D eigenvalue weighted by Crippen LogP contribution is -2.25. The van der Waals surface area contributed by atoms with E-state index in [4.69, 9.17) is 4.52 Å². The van der Waals surface area contributed by atoms with Crippen molar-refractivity contribution in [2.75, 3.05) is 0 Å². The van der Waals surface area contributed by atoms with Crippen LogP contribution in [0, 0.1) is 21.7 Å². The van der Waals surface area contributed by atoms with Gasteiger partial charge in [0.1, 0.15) is 11.6 Å². The van der Waals surface area contributed by atoms with E-state index < -0.39 is 16.6 Å². The van der Waals surface area contributed by atoms with Crippen LogP contribution in [0.3, 0.4) is 0 Å². The van der Waals surface area contributed by atoms with Crippen LogP contribution in [0.2, 0.25) is 0 Å². The zero-order valence-corrected chi connectivity index (χ0v) is 14.7. The quantitative estimate of drug-likeness (QED) is 0.449. The lowest BCUT2D eigenvalue weighted by atomic mass is 10.2. The number of aromatic nitrogens is 2. The van der Waals surface area contributed by atoms with Gasteiger partial charge in [-0.3, -0.25) is 15.0 Å². The number of rotatable bonds is 7. The molecule has 2 aromatic carbocycles. The summed E-state index contributed by atoms with van der Waals surface area (Å²) in [5.41, 5.74) is 0.986. The van der Waals surface area contributed by atoms with Gasteiger partial charge in [0.25, 0.3) is 5.69 Å². The minimum Gasteiger partial charge on any atom is -0.338 e. The third-order valence-electron chi connectivity index (χ3n) is 4.59. The summed E-state index contributed by atoms with van der Waals surface area (Å²) >= 11 is 0. The summed E-state index contributed by atoms with van der Waals surface area (Å²) in [4.78, 5) is 16.6. The Kier molecular flexibility index (Phi) is 4.82. The first-order chi connectivity index (χ1) is 13.5. The normalized spacial score (nSPS) is 13.8. The summed E-state index contributed by atoms with van der Waals surface area (Å²) in [6, 6.07) is 9.70. The molecule has 0 amide bonds. The molecule has 1 heterocycles. The van der Waals surface area contributed by atoms with Gasteiger partial charge in [-0.2, -0.15) is 4.98 Å². The lowest BCUT2D eigenvalue weighted by Gasteiger charge is -2.20. The monoisotopic (exact) mass is 386 g/mol. The fourth-order valence-electron chi connectivity index (χ4n) is 2.96. The summed E-state index contributed by atoms with van der Waals surface area (Å²) < 4.78 is 32.4. The van der Waals surface area contributed by atoms with Gasteiger partial charge in [0, 0.05) is 41.9 Å². The van der Waals surface area contributed by atoms with Crippen LogP contribution in [0.25, 0.3) is 11.4 Å². The molecule has 0 saturated heterocycles. The van der Waals surface area contributed by atoms with Gasteiger partial charge in [-0.25, -0.2) is 8.78 Å². The van der Waals surface area contributed by atoms with Gasteiger partial charge in [0.05, 0.1) is 11.5 Å². The van der Waals surface area contributed by atoms with Crippen molar-refractivity contribution in [3.8, 4) is 11.4 Å². The largest absolute Gasteiger partial charge is 0.338 e. The molecule has 1 saturated carbocycles. The number of nitro groups is 1. The number of hydrogen-bond acceptors (Lipinski definition) is 6. The zero-order valence-electron chi connectivity index (χ0n) is 14.7. The predicted molar refractivity (Wildman–Crippen MR) is 95.0 cm³/mol. The standard InChI is InChI=1S/C19H16F2N4O3/c20-14-4-1-13(17(21)9-14)10-24(15-7-8-15)11-18-22-19(23-28-18)12-2-5-16(6-3-12)25(26)27/h1-6,9,15H,7-8,10-11H2. The first kappa shape index (κ1) is 18.2. The van der Waals surface area contributed by atoms with Crippen LogP contribution in [0.1, 0.15) is 24.3 Å². The molecule has 1 aromatic heterocycles. The maximum atomic E-state index is 14.0. The molecule has 9 heteroatoms. The average Bonchev–Trinajstić information content (AvgIpc) is 3.42. The number of benzene rings is 2. The molecule has 1 aliphatic rings. The second-order valence-corrected chi connectivity index (χ2v) is 6.69. The molecule has 0 radical (unpaired) electrons. The van der Waals surface area contributed by atoms with Crippen LogP contribution in [-0.2, 0) is 13.1 Å². The molecule has 0 unspecified atom stereocenters. The highest BCUT2D eigenvalue weighted by molar-refractivity contribution is 5.56. The highest BCUT2D eigenvalue weighted by Crippen LogP contribution is 2.30. The number of nitro benzene ring substituents is 1. The smallest absolute Gasteiger partial charge is 0.269 e. The second-order valence-electron chi connectivity index (χ2n) is 6.69. The van der Waals surface area contributed by atoms with Gasteiger partial charge in [-0.1, -0.05) is 11.2 Å². The Morgan fingerprint density at radius 3 is 2.54 bits per heavy atom. The fraction of sp³-hybridized carbons (Fsp3) is 0.263. The van der Waals surface area contributed by atoms with Crippen molar-refractivity contribution in [3.05, 3.63) is 75.7 Å². The van der Waals surface area contributed by atoms with Gasteiger partial charge in [-0.05, 0) is 31.0 Å². The van der Waals surface area contributed by atoms with E-state index in [0.717, 1.165) is 18.9 Å². The van der Waals surface area contributed by atoms with Crippen molar-refractivity contribution in [1.29, 1.82) is 0 Å². The van der Waals surface area contributed by atoms with E-state index in [0.29, 0.717) is 42.0 Å². The number of halogens is 2. The van der Waals surface area contributed by atoms with Gasteiger partial charge < -0.3 is 4.52 Å². The molecule has 28 heavy (non-hydrogen) atoms. The van der Waals surface area contributed by atoms with Crippen molar-refractivity contribution in [2.45, 2.75) is 32.0 Å². The molecule has 0 spiro atoms. The Morgan fingerprint density at radius 1 is 1.14 bits per heavy atom. The summed E-state index contributed by atoms with van der Waals surface area (Å²) in [5, 5.41) is 14.7. The Hall–Kier alpha value is -3.20. The minimum absolute atomic E-state index is 0.0197. The Bertz CT molecular complexity index is 1000. The van der Waals surface area contributed by atoms with Crippen molar-refractivity contribution in [2.24, 2.45) is 0 Å². The summed E-state index contributed by atoms with van der Waals surface area (Å²) in [7, 11) is 0. The number of hydrogen-bond donors (Lipinski definition) is 0. The van der Waals surface area contributed by atoms with Crippen LogP contribution in [0.15, 0.2) is 47.0 Å². The topological polar surface area (TPSA) is 85.3 Å². The number of nitrogens with zero attached hydrogens (tertiary/aromatic N) is 4. The fourth-order valence-corrected chi connectivity index (χ4v) is 2.96. The van der Waals surface area contributed by atoms with E-state index in [1.165, 1.54) is 24.3 Å². The van der Waals surface area contributed by atoms with Crippen LogP contribution in [0.5, 0.6) is 0 Å².